The molecule has 3 heteroatoms. The SMILES string of the molecule is CCCNc1ccc(C(=O)NC(C)CC)cc1C. The van der Waals surface area contributed by atoms with Gasteiger partial charge in [-0.05, 0) is 50.5 Å². The summed E-state index contributed by atoms with van der Waals surface area (Å²) in [6.45, 7) is 9.20. The van der Waals surface area contributed by atoms with Gasteiger partial charge in [0.15, 0.2) is 0 Å². The topological polar surface area (TPSA) is 41.1 Å². The van der Waals surface area contributed by atoms with Gasteiger partial charge in [-0.2, -0.15) is 0 Å². The normalized spacial score (nSPS) is 12.0. The highest BCUT2D eigenvalue weighted by Gasteiger charge is 2.09. The number of benzene rings is 1. The molecule has 1 unspecified atom stereocenters. The standard InChI is InChI=1S/C15H24N2O/c1-5-9-16-14-8-7-13(10-11(14)3)15(18)17-12(4)6-2/h7-8,10,12,16H,5-6,9H2,1-4H3,(H,17,18). The first kappa shape index (κ1) is 14.6. The zero-order valence-electron chi connectivity index (χ0n) is 11.8. The van der Waals surface area contributed by atoms with Gasteiger partial charge in [-0.3, -0.25) is 4.79 Å². The number of rotatable bonds is 6. The van der Waals surface area contributed by atoms with Gasteiger partial charge in [-0.25, -0.2) is 0 Å². The van der Waals surface area contributed by atoms with Crippen molar-refractivity contribution in [3.63, 3.8) is 0 Å². The summed E-state index contributed by atoms with van der Waals surface area (Å²) in [4.78, 5) is 12.0. The third-order valence-corrected chi connectivity index (χ3v) is 3.04. The Morgan fingerprint density at radius 2 is 2.06 bits per heavy atom. The fourth-order valence-corrected chi connectivity index (χ4v) is 1.67. The summed E-state index contributed by atoms with van der Waals surface area (Å²) in [6.07, 6.45) is 2.04. The molecule has 0 aliphatic carbocycles. The summed E-state index contributed by atoms with van der Waals surface area (Å²) in [6, 6.07) is 6.02. The summed E-state index contributed by atoms with van der Waals surface area (Å²) in [7, 11) is 0. The number of hydrogen-bond acceptors (Lipinski definition) is 2. The molecule has 0 fully saturated rings. The van der Waals surface area contributed by atoms with E-state index in [1.165, 1.54) is 0 Å². The van der Waals surface area contributed by atoms with Gasteiger partial charge in [-0.15, -0.1) is 0 Å². The lowest BCUT2D eigenvalue weighted by Crippen LogP contribution is -2.31. The first-order chi connectivity index (χ1) is 8.58. The smallest absolute Gasteiger partial charge is 0.251 e. The van der Waals surface area contributed by atoms with Gasteiger partial charge >= 0.3 is 0 Å². The van der Waals surface area contributed by atoms with Crippen molar-refractivity contribution in [3.05, 3.63) is 29.3 Å². The van der Waals surface area contributed by atoms with Crippen LogP contribution >= 0.6 is 0 Å². The molecule has 1 amide bonds. The molecule has 0 bridgehead atoms. The molecule has 0 aliphatic heterocycles. The fourth-order valence-electron chi connectivity index (χ4n) is 1.67. The van der Waals surface area contributed by atoms with Gasteiger partial charge in [0.05, 0.1) is 0 Å². The first-order valence-electron chi connectivity index (χ1n) is 6.73. The molecule has 0 saturated carbocycles. The van der Waals surface area contributed by atoms with E-state index in [1.54, 1.807) is 0 Å². The van der Waals surface area contributed by atoms with Crippen molar-refractivity contribution in [1.82, 2.24) is 5.32 Å². The van der Waals surface area contributed by atoms with E-state index in [-0.39, 0.29) is 11.9 Å². The molecule has 3 nitrogen and oxygen atoms in total. The Kier molecular flexibility index (Phi) is 5.69. The van der Waals surface area contributed by atoms with Gasteiger partial charge in [0.1, 0.15) is 0 Å². The Balaban J connectivity index is 2.74. The second-order valence-corrected chi connectivity index (χ2v) is 4.74. The van der Waals surface area contributed by atoms with Crippen LogP contribution in [-0.2, 0) is 0 Å². The van der Waals surface area contributed by atoms with Crippen LogP contribution in [-0.4, -0.2) is 18.5 Å². The van der Waals surface area contributed by atoms with Gasteiger partial charge in [0, 0.05) is 23.8 Å². The molecule has 0 saturated heterocycles. The van der Waals surface area contributed by atoms with Crippen LogP contribution in [0.5, 0.6) is 0 Å². The predicted octanol–water partition coefficient (Wildman–Crippen LogP) is 3.35. The van der Waals surface area contributed by atoms with Gasteiger partial charge in [-0.1, -0.05) is 13.8 Å². The molecule has 18 heavy (non-hydrogen) atoms. The predicted molar refractivity (Wildman–Crippen MR) is 77.2 cm³/mol. The highest BCUT2D eigenvalue weighted by Crippen LogP contribution is 2.16. The first-order valence-corrected chi connectivity index (χ1v) is 6.73. The number of anilines is 1. The Morgan fingerprint density at radius 1 is 1.33 bits per heavy atom. The van der Waals surface area contributed by atoms with Crippen LogP contribution < -0.4 is 10.6 Å². The zero-order chi connectivity index (χ0) is 13.5. The second kappa shape index (κ2) is 7.04. The van der Waals surface area contributed by atoms with E-state index < -0.39 is 0 Å². The maximum absolute atomic E-state index is 12.0. The number of carbonyl (C=O) groups is 1. The third-order valence-electron chi connectivity index (χ3n) is 3.04. The minimum Gasteiger partial charge on any atom is -0.385 e. The maximum Gasteiger partial charge on any atom is 0.251 e. The van der Waals surface area contributed by atoms with E-state index in [4.69, 9.17) is 0 Å². The molecule has 0 aromatic heterocycles. The van der Waals surface area contributed by atoms with Crippen molar-refractivity contribution in [2.75, 3.05) is 11.9 Å². The summed E-state index contributed by atoms with van der Waals surface area (Å²) in [5.41, 5.74) is 2.95. The lowest BCUT2D eigenvalue weighted by molar-refractivity contribution is 0.0939. The minimum atomic E-state index is 0.00879. The maximum atomic E-state index is 12.0. The second-order valence-electron chi connectivity index (χ2n) is 4.74. The highest BCUT2D eigenvalue weighted by atomic mass is 16.1. The number of aryl methyl sites for hydroxylation is 1. The zero-order valence-corrected chi connectivity index (χ0v) is 11.8. The fraction of sp³-hybridized carbons (Fsp3) is 0.533. The minimum absolute atomic E-state index is 0.00879. The molecule has 100 valence electrons. The van der Waals surface area contributed by atoms with E-state index in [0.29, 0.717) is 0 Å². The van der Waals surface area contributed by atoms with E-state index in [2.05, 4.69) is 24.5 Å². The van der Waals surface area contributed by atoms with E-state index in [1.807, 2.05) is 32.0 Å². The molecule has 2 N–H and O–H groups in total. The molecule has 1 aromatic carbocycles. The van der Waals surface area contributed by atoms with E-state index in [0.717, 1.165) is 36.2 Å². The number of hydrogen-bond donors (Lipinski definition) is 2. The van der Waals surface area contributed by atoms with Crippen molar-refractivity contribution >= 4 is 11.6 Å². The molecule has 1 atom stereocenters. The lowest BCUT2D eigenvalue weighted by atomic mass is 10.1. The van der Waals surface area contributed by atoms with Crippen LogP contribution in [0.25, 0.3) is 0 Å². The molecule has 0 heterocycles. The molecule has 1 rings (SSSR count). The number of carbonyl (C=O) groups excluding carboxylic acids is 1. The van der Waals surface area contributed by atoms with E-state index in [9.17, 15) is 4.79 Å². The third kappa shape index (κ3) is 4.06. The molecule has 0 aliphatic rings. The largest absolute Gasteiger partial charge is 0.385 e. The van der Waals surface area contributed by atoms with Gasteiger partial charge in [0.25, 0.3) is 5.91 Å². The quantitative estimate of drug-likeness (QED) is 0.810. The van der Waals surface area contributed by atoms with Crippen molar-refractivity contribution in [1.29, 1.82) is 0 Å². The Labute approximate surface area is 110 Å². The van der Waals surface area contributed by atoms with Crippen LogP contribution in [0.4, 0.5) is 5.69 Å². The average molecular weight is 248 g/mol. The van der Waals surface area contributed by atoms with Gasteiger partial charge in [0.2, 0.25) is 0 Å². The summed E-state index contributed by atoms with van der Waals surface area (Å²) in [5, 5.41) is 6.33. The van der Waals surface area contributed by atoms with Crippen molar-refractivity contribution < 1.29 is 4.79 Å². The summed E-state index contributed by atoms with van der Waals surface area (Å²) < 4.78 is 0. The Hall–Kier alpha value is -1.51. The number of nitrogens with one attached hydrogen (secondary N) is 2. The van der Waals surface area contributed by atoms with Crippen LogP contribution in [0.15, 0.2) is 18.2 Å². The van der Waals surface area contributed by atoms with Crippen LogP contribution in [0, 0.1) is 6.92 Å². The Morgan fingerprint density at radius 3 is 2.61 bits per heavy atom. The molecular weight excluding hydrogens is 224 g/mol. The monoisotopic (exact) mass is 248 g/mol. The summed E-state index contributed by atoms with van der Waals surface area (Å²) >= 11 is 0. The van der Waals surface area contributed by atoms with Crippen molar-refractivity contribution in [2.24, 2.45) is 0 Å². The van der Waals surface area contributed by atoms with Gasteiger partial charge < -0.3 is 10.6 Å². The average Bonchev–Trinajstić information content (AvgIpc) is 2.37. The molecule has 1 aromatic rings. The van der Waals surface area contributed by atoms with Crippen LogP contribution in [0.2, 0.25) is 0 Å². The van der Waals surface area contributed by atoms with E-state index >= 15 is 0 Å². The van der Waals surface area contributed by atoms with Crippen molar-refractivity contribution in [2.45, 2.75) is 46.6 Å². The molecule has 0 spiro atoms. The summed E-state index contributed by atoms with van der Waals surface area (Å²) in [5.74, 6) is 0.00879. The molecule has 0 radical (unpaired) electrons. The van der Waals surface area contributed by atoms with Crippen LogP contribution in [0.1, 0.15) is 49.5 Å². The number of amides is 1. The highest BCUT2D eigenvalue weighted by molar-refractivity contribution is 5.95. The van der Waals surface area contributed by atoms with Crippen LogP contribution in [0.3, 0.4) is 0 Å². The Bertz CT molecular complexity index is 401. The van der Waals surface area contributed by atoms with Crippen molar-refractivity contribution in [3.8, 4) is 0 Å². The molecular formula is C15H24N2O. The lowest BCUT2D eigenvalue weighted by Gasteiger charge is -2.13.